The maximum atomic E-state index is 11.3. The molecule has 4 N–H and O–H groups in total. The second kappa shape index (κ2) is 5.92. The Morgan fingerprint density at radius 3 is 2.81 bits per heavy atom. The summed E-state index contributed by atoms with van der Waals surface area (Å²) in [5.74, 6) is -0.791. The van der Waals surface area contributed by atoms with Crippen molar-refractivity contribution < 1.29 is 14.0 Å². The quantitative estimate of drug-likeness (QED) is 0.603. The molecule has 0 aliphatic carbocycles. The fourth-order valence-corrected chi connectivity index (χ4v) is 1.14. The van der Waals surface area contributed by atoms with E-state index in [2.05, 4.69) is 10.6 Å². The van der Waals surface area contributed by atoms with Crippen molar-refractivity contribution in [1.29, 1.82) is 0 Å². The van der Waals surface area contributed by atoms with E-state index in [0.717, 1.165) is 0 Å². The third-order valence-corrected chi connectivity index (χ3v) is 1.95. The standard InChI is InChI=1S/C10H15N3O3/c1-7(8-3-2-6-16-8)13-10(15)9(14)12-5-4-11/h2-3,6-7H,4-5,11H2,1H3,(H,12,14)(H,13,15). The van der Waals surface area contributed by atoms with E-state index in [1.54, 1.807) is 19.1 Å². The van der Waals surface area contributed by atoms with Gasteiger partial charge in [-0.2, -0.15) is 0 Å². The molecular weight excluding hydrogens is 210 g/mol. The molecule has 0 bridgehead atoms. The molecule has 0 aromatic carbocycles. The van der Waals surface area contributed by atoms with Crippen molar-refractivity contribution in [1.82, 2.24) is 10.6 Å². The number of amides is 2. The number of hydrogen-bond acceptors (Lipinski definition) is 4. The first-order valence-corrected chi connectivity index (χ1v) is 4.97. The third kappa shape index (κ3) is 3.39. The molecule has 0 aliphatic heterocycles. The van der Waals surface area contributed by atoms with Crippen molar-refractivity contribution in [2.45, 2.75) is 13.0 Å². The fraction of sp³-hybridized carbons (Fsp3) is 0.400. The van der Waals surface area contributed by atoms with E-state index in [-0.39, 0.29) is 12.6 Å². The van der Waals surface area contributed by atoms with Crippen molar-refractivity contribution >= 4 is 11.8 Å². The lowest BCUT2D eigenvalue weighted by Gasteiger charge is -2.10. The lowest BCUT2D eigenvalue weighted by molar-refractivity contribution is -0.139. The number of furan rings is 1. The monoisotopic (exact) mass is 225 g/mol. The van der Waals surface area contributed by atoms with E-state index >= 15 is 0 Å². The fourth-order valence-electron chi connectivity index (χ4n) is 1.14. The zero-order chi connectivity index (χ0) is 12.0. The minimum Gasteiger partial charge on any atom is -0.467 e. The number of nitrogens with two attached hydrogens (primary N) is 1. The maximum absolute atomic E-state index is 11.3. The molecule has 0 saturated carbocycles. The summed E-state index contributed by atoms with van der Waals surface area (Å²) >= 11 is 0. The zero-order valence-electron chi connectivity index (χ0n) is 9.03. The van der Waals surface area contributed by atoms with Crippen LogP contribution in [-0.2, 0) is 9.59 Å². The SMILES string of the molecule is CC(NC(=O)C(=O)NCCN)c1ccco1. The van der Waals surface area contributed by atoms with Crippen molar-refractivity contribution in [2.75, 3.05) is 13.1 Å². The van der Waals surface area contributed by atoms with Gasteiger partial charge in [-0.15, -0.1) is 0 Å². The van der Waals surface area contributed by atoms with E-state index in [4.69, 9.17) is 10.2 Å². The molecule has 2 amide bonds. The predicted octanol–water partition coefficient (Wildman–Crippen LogP) is -0.468. The van der Waals surface area contributed by atoms with E-state index in [1.807, 2.05) is 0 Å². The summed E-state index contributed by atoms with van der Waals surface area (Å²) in [5.41, 5.74) is 5.19. The molecule has 0 radical (unpaired) electrons. The molecule has 1 aromatic heterocycles. The molecule has 1 atom stereocenters. The van der Waals surface area contributed by atoms with Crippen LogP contribution in [0.2, 0.25) is 0 Å². The van der Waals surface area contributed by atoms with Crippen LogP contribution in [0.25, 0.3) is 0 Å². The van der Waals surface area contributed by atoms with Gasteiger partial charge in [-0.25, -0.2) is 0 Å². The van der Waals surface area contributed by atoms with E-state index in [9.17, 15) is 9.59 Å². The van der Waals surface area contributed by atoms with Crippen LogP contribution in [0.15, 0.2) is 22.8 Å². The van der Waals surface area contributed by atoms with E-state index in [0.29, 0.717) is 12.3 Å². The topological polar surface area (TPSA) is 97.4 Å². The molecule has 0 fully saturated rings. The highest BCUT2D eigenvalue weighted by Crippen LogP contribution is 2.11. The molecule has 1 rings (SSSR count). The van der Waals surface area contributed by atoms with Crippen LogP contribution in [0.1, 0.15) is 18.7 Å². The Morgan fingerprint density at radius 2 is 2.25 bits per heavy atom. The molecule has 0 spiro atoms. The van der Waals surface area contributed by atoms with Crippen molar-refractivity contribution in [3.63, 3.8) is 0 Å². The number of nitrogens with one attached hydrogen (secondary N) is 2. The first-order chi connectivity index (χ1) is 7.65. The largest absolute Gasteiger partial charge is 0.467 e. The Bertz CT molecular complexity index is 348. The molecule has 0 aliphatic rings. The van der Waals surface area contributed by atoms with Gasteiger partial charge in [0.05, 0.1) is 12.3 Å². The van der Waals surface area contributed by atoms with Crippen molar-refractivity contribution in [2.24, 2.45) is 5.73 Å². The molecule has 6 heteroatoms. The van der Waals surface area contributed by atoms with Gasteiger partial charge in [-0.05, 0) is 19.1 Å². The summed E-state index contributed by atoms with van der Waals surface area (Å²) in [6.45, 7) is 2.31. The van der Waals surface area contributed by atoms with E-state index < -0.39 is 11.8 Å². The molecule has 1 heterocycles. The lowest BCUT2D eigenvalue weighted by Crippen LogP contribution is -2.42. The highest BCUT2D eigenvalue weighted by molar-refractivity contribution is 6.35. The third-order valence-electron chi connectivity index (χ3n) is 1.95. The molecule has 0 saturated heterocycles. The van der Waals surface area contributed by atoms with Crippen LogP contribution in [0.3, 0.4) is 0 Å². The number of carbonyl (C=O) groups excluding carboxylic acids is 2. The normalized spacial score (nSPS) is 11.9. The zero-order valence-corrected chi connectivity index (χ0v) is 9.03. The Morgan fingerprint density at radius 1 is 1.50 bits per heavy atom. The summed E-state index contributed by atoms with van der Waals surface area (Å²) in [7, 11) is 0. The minimum atomic E-state index is -0.697. The first kappa shape index (κ1) is 12.3. The van der Waals surface area contributed by atoms with Crippen LogP contribution < -0.4 is 16.4 Å². The van der Waals surface area contributed by atoms with Crippen molar-refractivity contribution in [3.8, 4) is 0 Å². The van der Waals surface area contributed by atoms with Crippen LogP contribution in [0.5, 0.6) is 0 Å². The molecule has 1 unspecified atom stereocenters. The molecule has 6 nitrogen and oxygen atoms in total. The Hall–Kier alpha value is -1.82. The summed E-state index contributed by atoms with van der Waals surface area (Å²) in [6, 6.07) is 3.10. The summed E-state index contributed by atoms with van der Waals surface area (Å²) in [5, 5.41) is 4.88. The van der Waals surface area contributed by atoms with Crippen LogP contribution >= 0.6 is 0 Å². The minimum absolute atomic E-state index is 0.279. The van der Waals surface area contributed by atoms with Gasteiger partial charge in [-0.3, -0.25) is 9.59 Å². The smallest absolute Gasteiger partial charge is 0.309 e. The highest BCUT2D eigenvalue weighted by atomic mass is 16.3. The molecular formula is C10H15N3O3. The lowest BCUT2D eigenvalue weighted by atomic mass is 10.2. The van der Waals surface area contributed by atoms with Crippen LogP contribution in [-0.4, -0.2) is 24.9 Å². The van der Waals surface area contributed by atoms with Crippen LogP contribution in [0.4, 0.5) is 0 Å². The van der Waals surface area contributed by atoms with Gasteiger partial charge in [0.1, 0.15) is 5.76 Å². The Labute approximate surface area is 93.2 Å². The Balaban J connectivity index is 2.42. The highest BCUT2D eigenvalue weighted by Gasteiger charge is 2.17. The van der Waals surface area contributed by atoms with Gasteiger partial charge >= 0.3 is 11.8 Å². The maximum Gasteiger partial charge on any atom is 0.309 e. The average Bonchev–Trinajstić information content (AvgIpc) is 2.79. The Kier molecular flexibility index (Phi) is 4.53. The predicted molar refractivity (Wildman–Crippen MR) is 57.3 cm³/mol. The van der Waals surface area contributed by atoms with Gasteiger partial charge in [0.2, 0.25) is 0 Å². The average molecular weight is 225 g/mol. The summed E-state index contributed by atoms with van der Waals surface area (Å²) in [4.78, 5) is 22.5. The van der Waals surface area contributed by atoms with Gasteiger partial charge < -0.3 is 20.8 Å². The van der Waals surface area contributed by atoms with Gasteiger partial charge in [0.25, 0.3) is 0 Å². The van der Waals surface area contributed by atoms with Crippen LogP contribution in [0, 0.1) is 0 Å². The molecule has 88 valence electrons. The first-order valence-electron chi connectivity index (χ1n) is 4.97. The molecule has 1 aromatic rings. The van der Waals surface area contributed by atoms with Crippen molar-refractivity contribution in [3.05, 3.63) is 24.2 Å². The van der Waals surface area contributed by atoms with Gasteiger partial charge in [0.15, 0.2) is 0 Å². The second-order valence-corrected chi connectivity index (χ2v) is 3.26. The van der Waals surface area contributed by atoms with E-state index in [1.165, 1.54) is 6.26 Å². The number of carbonyl (C=O) groups is 2. The second-order valence-electron chi connectivity index (χ2n) is 3.26. The van der Waals surface area contributed by atoms with Gasteiger partial charge in [-0.1, -0.05) is 0 Å². The van der Waals surface area contributed by atoms with Gasteiger partial charge in [0, 0.05) is 13.1 Å². The molecule has 16 heavy (non-hydrogen) atoms. The summed E-state index contributed by atoms with van der Waals surface area (Å²) in [6.07, 6.45) is 1.51. The number of hydrogen-bond donors (Lipinski definition) is 3. The number of rotatable bonds is 4. The summed E-state index contributed by atoms with van der Waals surface area (Å²) < 4.78 is 5.09.